The number of alkyl halides is 1. The van der Waals surface area contributed by atoms with E-state index in [0.717, 1.165) is 23.2 Å². The number of rotatable bonds is 3. The molecule has 0 amide bonds. The molecule has 0 nitrogen and oxygen atoms in total. The third-order valence-corrected chi connectivity index (χ3v) is 2.83. The van der Waals surface area contributed by atoms with Crippen molar-refractivity contribution in [2.24, 2.45) is 0 Å². The van der Waals surface area contributed by atoms with Gasteiger partial charge in [-0.05, 0) is 37.0 Å². The molecule has 0 aliphatic carbocycles. The Balaban J connectivity index is 2.81. The highest BCUT2D eigenvalue weighted by Crippen LogP contribution is 2.20. The lowest BCUT2D eigenvalue weighted by molar-refractivity contribution is 0.930. The van der Waals surface area contributed by atoms with Crippen molar-refractivity contribution in [1.82, 2.24) is 0 Å². The maximum absolute atomic E-state index is 6.05. The van der Waals surface area contributed by atoms with Crippen molar-refractivity contribution in [2.75, 3.05) is 5.33 Å². The molecule has 0 saturated carbocycles. The van der Waals surface area contributed by atoms with Gasteiger partial charge in [-0.2, -0.15) is 0 Å². The zero-order valence-corrected chi connectivity index (χ0v) is 9.45. The molecule has 0 radical (unpaired) electrons. The molecular formula is C10H12BrCl. The van der Waals surface area contributed by atoms with Crippen molar-refractivity contribution < 1.29 is 0 Å². The van der Waals surface area contributed by atoms with Gasteiger partial charge in [-0.25, -0.2) is 0 Å². The molecule has 0 fully saturated rings. The molecule has 0 aliphatic rings. The standard InChI is InChI=1S/C10H12BrCl/c1-8-4-2-6-10(12)9(8)5-3-7-11/h2,4,6H,3,5,7H2,1H3. The van der Waals surface area contributed by atoms with E-state index in [1.165, 1.54) is 11.1 Å². The summed E-state index contributed by atoms with van der Waals surface area (Å²) in [5.74, 6) is 0. The van der Waals surface area contributed by atoms with Crippen molar-refractivity contribution in [1.29, 1.82) is 0 Å². The number of aryl methyl sites for hydroxylation is 1. The summed E-state index contributed by atoms with van der Waals surface area (Å²) in [4.78, 5) is 0. The molecule has 0 bridgehead atoms. The van der Waals surface area contributed by atoms with Gasteiger partial charge < -0.3 is 0 Å². The molecular weight excluding hydrogens is 235 g/mol. The zero-order chi connectivity index (χ0) is 8.97. The molecule has 0 unspecified atom stereocenters. The predicted octanol–water partition coefficient (Wildman–Crippen LogP) is 3.98. The van der Waals surface area contributed by atoms with E-state index in [1.54, 1.807) is 0 Å². The van der Waals surface area contributed by atoms with Crippen LogP contribution >= 0.6 is 27.5 Å². The number of benzene rings is 1. The minimum absolute atomic E-state index is 0.899. The minimum Gasteiger partial charge on any atom is -0.0928 e. The summed E-state index contributed by atoms with van der Waals surface area (Å²) in [5, 5.41) is 1.94. The quantitative estimate of drug-likeness (QED) is 0.709. The molecule has 1 aromatic carbocycles. The van der Waals surface area contributed by atoms with Crippen molar-refractivity contribution in [2.45, 2.75) is 19.8 Å². The smallest absolute Gasteiger partial charge is 0.0440 e. The van der Waals surface area contributed by atoms with E-state index in [4.69, 9.17) is 11.6 Å². The van der Waals surface area contributed by atoms with Gasteiger partial charge in [-0.3, -0.25) is 0 Å². The molecule has 0 N–H and O–H groups in total. The fourth-order valence-corrected chi connectivity index (χ4v) is 1.82. The van der Waals surface area contributed by atoms with E-state index in [9.17, 15) is 0 Å². The summed E-state index contributed by atoms with van der Waals surface area (Å²) in [6.45, 7) is 2.11. The van der Waals surface area contributed by atoms with Crippen molar-refractivity contribution in [3.63, 3.8) is 0 Å². The van der Waals surface area contributed by atoms with E-state index in [0.29, 0.717) is 0 Å². The third kappa shape index (κ3) is 2.49. The molecule has 0 heterocycles. The van der Waals surface area contributed by atoms with Gasteiger partial charge in [0.05, 0.1) is 0 Å². The minimum atomic E-state index is 0.899. The second-order valence-electron chi connectivity index (χ2n) is 2.83. The average molecular weight is 248 g/mol. The lowest BCUT2D eigenvalue weighted by Gasteiger charge is -2.06. The molecule has 2 heteroatoms. The fraction of sp³-hybridized carbons (Fsp3) is 0.400. The molecule has 0 atom stereocenters. The fourth-order valence-electron chi connectivity index (χ4n) is 1.23. The summed E-state index contributed by atoms with van der Waals surface area (Å²) in [5.41, 5.74) is 2.59. The largest absolute Gasteiger partial charge is 0.0928 e. The van der Waals surface area contributed by atoms with Crippen molar-refractivity contribution in [3.05, 3.63) is 34.3 Å². The van der Waals surface area contributed by atoms with Crippen LogP contribution in [0.3, 0.4) is 0 Å². The summed E-state index contributed by atoms with van der Waals surface area (Å²) in [7, 11) is 0. The van der Waals surface area contributed by atoms with Crippen LogP contribution in [0.25, 0.3) is 0 Å². The maximum atomic E-state index is 6.05. The van der Waals surface area contributed by atoms with E-state index < -0.39 is 0 Å². The van der Waals surface area contributed by atoms with E-state index >= 15 is 0 Å². The number of hydrogen-bond donors (Lipinski definition) is 0. The summed E-state index contributed by atoms with van der Waals surface area (Å²) >= 11 is 9.46. The maximum Gasteiger partial charge on any atom is 0.0440 e. The highest BCUT2D eigenvalue weighted by Gasteiger charge is 2.01. The molecule has 1 aromatic rings. The van der Waals surface area contributed by atoms with Gasteiger partial charge in [0, 0.05) is 10.4 Å². The van der Waals surface area contributed by atoms with Crippen LogP contribution in [-0.4, -0.2) is 5.33 Å². The van der Waals surface area contributed by atoms with E-state index in [1.807, 2.05) is 12.1 Å². The predicted molar refractivity (Wildman–Crippen MR) is 58.3 cm³/mol. The van der Waals surface area contributed by atoms with E-state index in [2.05, 4.69) is 28.9 Å². The molecule has 12 heavy (non-hydrogen) atoms. The topological polar surface area (TPSA) is 0 Å². The van der Waals surface area contributed by atoms with Crippen LogP contribution in [0.2, 0.25) is 5.02 Å². The second-order valence-corrected chi connectivity index (χ2v) is 4.03. The Morgan fingerprint density at radius 2 is 2.17 bits per heavy atom. The first kappa shape index (κ1) is 10.1. The highest BCUT2D eigenvalue weighted by molar-refractivity contribution is 9.09. The van der Waals surface area contributed by atoms with E-state index in [-0.39, 0.29) is 0 Å². The molecule has 1 rings (SSSR count). The van der Waals surface area contributed by atoms with Gasteiger partial charge in [0.2, 0.25) is 0 Å². The Morgan fingerprint density at radius 3 is 2.75 bits per heavy atom. The second kappa shape index (κ2) is 4.88. The monoisotopic (exact) mass is 246 g/mol. The number of hydrogen-bond acceptors (Lipinski definition) is 0. The first-order chi connectivity index (χ1) is 5.75. The van der Waals surface area contributed by atoms with Crippen LogP contribution in [0.15, 0.2) is 18.2 Å². The van der Waals surface area contributed by atoms with Crippen LogP contribution in [-0.2, 0) is 6.42 Å². The Labute approximate surface area is 87.1 Å². The van der Waals surface area contributed by atoms with Crippen LogP contribution in [0, 0.1) is 6.92 Å². The van der Waals surface area contributed by atoms with Gasteiger partial charge in [0.1, 0.15) is 0 Å². The van der Waals surface area contributed by atoms with Gasteiger partial charge in [-0.15, -0.1) is 0 Å². The van der Waals surface area contributed by atoms with Crippen molar-refractivity contribution in [3.8, 4) is 0 Å². The molecule has 0 aromatic heterocycles. The van der Waals surface area contributed by atoms with Gasteiger partial charge in [0.15, 0.2) is 0 Å². The normalized spacial score (nSPS) is 10.2. The summed E-state index contributed by atoms with van der Waals surface area (Å²) in [6, 6.07) is 6.06. The molecule has 0 saturated heterocycles. The number of halogens is 2. The lowest BCUT2D eigenvalue weighted by Crippen LogP contribution is -1.91. The van der Waals surface area contributed by atoms with Gasteiger partial charge in [-0.1, -0.05) is 39.7 Å². The molecule has 66 valence electrons. The van der Waals surface area contributed by atoms with Crippen LogP contribution in [0.4, 0.5) is 0 Å². The molecule has 0 aliphatic heterocycles. The Bertz CT molecular complexity index is 238. The summed E-state index contributed by atoms with van der Waals surface area (Å²) in [6.07, 6.45) is 2.21. The Morgan fingerprint density at radius 1 is 1.42 bits per heavy atom. The third-order valence-electron chi connectivity index (χ3n) is 1.91. The Hall–Kier alpha value is -0.0100. The average Bonchev–Trinajstić information content (AvgIpc) is 2.04. The van der Waals surface area contributed by atoms with Crippen LogP contribution in [0.5, 0.6) is 0 Å². The first-order valence-electron chi connectivity index (χ1n) is 4.05. The van der Waals surface area contributed by atoms with Crippen LogP contribution in [0.1, 0.15) is 17.5 Å². The zero-order valence-electron chi connectivity index (χ0n) is 7.11. The van der Waals surface area contributed by atoms with Gasteiger partial charge in [0.25, 0.3) is 0 Å². The molecule has 0 spiro atoms. The Kier molecular flexibility index (Phi) is 4.10. The SMILES string of the molecule is Cc1cccc(Cl)c1CCCBr. The first-order valence-corrected chi connectivity index (χ1v) is 5.55. The van der Waals surface area contributed by atoms with Gasteiger partial charge >= 0.3 is 0 Å². The van der Waals surface area contributed by atoms with Crippen LogP contribution < -0.4 is 0 Å². The summed E-state index contributed by atoms with van der Waals surface area (Å²) < 4.78 is 0. The lowest BCUT2D eigenvalue weighted by atomic mass is 10.0. The highest BCUT2D eigenvalue weighted by atomic mass is 79.9. The van der Waals surface area contributed by atoms with Crippen molar-refractivity contribution >= 4 is 27.5 Å².